The minimum absolute atomic E-state index is 0.00115. The maximum atomic E-state index is 12.4. The minimum Gasteiger partial charge on any atom is -0.481 e. The average molecular weight is 271 g/mol. The van der Waals surface area contributed by atoms with Crippen LogP contribution in [0.25, 0.3) is 0 Å². The highest BCUT2D eigenvalue weighted by Gasteiger charge is 2.26. The highest BCUT2D eigenvalue weighted by Crippen LogP contribution is 2.09. The van der Waals surface area contributed by atoms with Crippen LogP contribution in [0, 0.1) is 0 Å². The van der Waals surface area contributed by atoms with E-state index in [1.807, 2.05) is 18.7 Å². The van der Waals surface area contributed by atoms with Crippen molar-refractivity contribution in [2.45, 2.75) is 33.2 Å². The molecule has 1 saturated heterocycles. The Balaban J connectivity index is 2.54. The van der Waals surface area contributed by atoms with Gasteiger partial charge in [0.1, 0.15) is 0 Å². The van der Waals surface area contributed by atoms with Crippen LogP contribution in [0.5, 0.6) is 0 Å². The molecule has 1 aliphatic rings. The molecule has 0 saturated carbocycles. The first-order valence-corrected chi connectivity index (χ1v) is 6.95. The van der Waals surface area contributed by atoms with E-state index in [2.05, 4.69) is 11.8 Å². The lowest BCUT2D eigenvalue weighted by molar-refractivity contribution is -0.137. The third-order valence-electron chi connectivity index (χ3n) is 3.53. The molecule has 19 heavy (non-hydrogen) atoms. The molecule has 0 unspecified atom stereocenters. The fourth-order valence-corrected chi connectivity index (χ4v) is 2.23. The number of urea groups is 1. The Kier molecular flexibility index (Phi) is 6.08. The molecule has 6 heteroatoms. The van der Waals surface area contributed by atoms with Crippen LogP contribution < -0.4 is 0 Å². The Morgan fingerprint density at radius 1 is 1.21 bits per heavy atom. The number of likely N-dealkylation sites (N-methyl/N-ethyl adjacent to an activating group) is 1. The van der Waals surface area contributed by atoms with Crippen LogP contribution in [-0.2, 0) is 4.79 Å². The minimum atomic E-state index is -0.866. The van der Waals surface area contributed by atoms with Gasteiger partial charge in [0.05, 0.1) is 6.42 Å². The van der Waals surface area contributed by atoms with Crippen LogP contribution in [0.4, 0.5) is 4.79 Å². The smallest absolute Gasteiger partial charge is 0.320 e. The first-order chi connectivity index (χ1) is 8.95. The Bertz CT molecular complexity index is 312. The lowest BCUT2D eigenvalue weighted by Gasteiger charge is -2.38. The molecule has 0 aromatic heterocycles. The number of carboxylic acid groups (broad SMARTS) is 1. The van der Waals surface area contributed by atoms with E-state index in [-0.39, 0.29) is 25.0 Å². The normalized spacial score (nSPS) is 16.7. The van der Waals surface area contributed by atoms with Crippen molar-refractivity contribution in [1.82, 2.24) is 14.7 Å². The van der Waals surface area contributed by atoms with Gasteiger partial charge in [-0.15, -0.1) is 0 Å². The van der Waals surface area contributed by atoms with Gasteiger partial charge in [0.25, 0.3) is 0 Å². The summed E-state index contributed by atoms with van der Waals surface area (Å²) < 4.78 is 0. The molecule has 6 nitrogen and oxygen atoms in total. The van der Waals surface area contributed by atoms with E-state index in [1.54, 1.807) is 4.90 Å². The van der Waals surface area contributed by atoms with Crippen molar-refractivity contribution < 1.29 is 14.7 Å². The van der Waals surface area contributed by atoms with Gasteiger partial charge >= 0.3 is 12.0 Å². The molecule has 0 radical (unpaired) electrons. The zero-order valence-corrected chi connectivity index (χ0v) is 12.1. The maximum Gasteiger partial charge on any atom is 0.320 e. The summed E-state index contributed by atoms with van der Waals surface area (Å²) in [6, 6.07) is -0.0111. The van der Waals surface area contributed by atoms with Crippen LogP contribution in [0.2, 0.25) is 0 Å². The number of nitrogens with zero attached hydrogens (tertiary/aromatic N) is 3. The zero-order chi connectivity index (χ0) is 14.4. The van der Waals surface area contributed by atoms with Gasteiger partial charge < -0.3 is 19.8 Å². The van der Waals surface area contributed by atoms with E-state index < -0.39 is 5.97 Å². The van der Waals surface area contributed by atoms with Gasteiger partial charge in [-0.3, -0.25) is 4.79 Å². The molecular weight excluding hydrogens is 246 g/mol. The van der Waals surface area contributed by atoms with Gasteiger partial charge in [-0.25, -0.2) is 4.79 Å². The predicted molar refractivity (Wildman–Crippen MR) is 73.2 cm³/mol. The summed E-state index contributed by atoms with van der Waals surface area (Å²) in [5, 5.41) is 8.74. The molecule has 1 heterocycles. The number of amides is 2. The highest BCUT2D eigenvalue weighted by atomic mass is 16.4. The second-order valence-electron chi connectivity index (χ2n) is 5.13. The molecule has 0 atom stereocenters. The van der Waals surface area contributed by atoms with Gasteiger partial charge in [-0.1, -0.05) is 6.92 Å². The van der Waals surface area contributed by atoms with Gasteiger partial charge in [0.15, 0.2) is 0 Å². The largest absolute Gasteiger partial charge is 0.481 e. The van der Waals surface area contributed by atoms with E-state index in [1.165, 1.54) is 0 Å². The van der Waals surface area contributed by atoms with Gasteiger partial charge in [-0.2, -0.15) is 0 Å². The summed E-state index contributed by atoms with van der Waals surface area (Å²) in [5.41, 5.74) is 0. The maximum absolute atomic E-state index is 12.4. The molecule has 0 bridgehead atoms. The third kappa shape index (κ3) is 4.70. The third-order valence-corrected chi connectivity index (χ3v) is 3.53. The topological polar surface area (TPSA) is 64.1 Å². The summed E-state index contributed by atoms with van der Waals surface area (Å²) in [7, 11) is 0. The second-order valence-corrected chi connectivity index (χ2v) is 5.13. The molecule has 1 rings (SSSR count). The van der Waals surface area contributed by atoms with E-state index in [0.717, 1.165) is 32.7 Å². The van der Waals surface area contributed by atoms with Crippen molar-refractivity contribution in [3.05, 3.63) is 0 Å². The van der Waals surface area contributed by atoms with Crippen LogP contribution in [0.3, 0.4) is 0 Å². The monoisotopic (exact) mass is 271 g/mol. The van der Waals surface area contributed by atoms with Crippen molar-refractivity contribution in [2.75, 3.05) is 39.3 Å². The SMILES string of the molecule is CCN1CCN(C(=O)N(CCC(=O)O)C(C)C)CC1. The number of carbonyl (C=O) groups is 2. The quantitative estimate of drug-likeness (QED) is 0.808. The Hall–Kier alpha value is -1.30. The van der Waals surface area contributed by atoms with Crippen molar-refractivity contribution in [2.24, 2.45) is 0 Å². The molecule has 0 aromatic carbocycles. The Morgan fingerprint density at radius 3 is 2.21 bits per heavy atom. The predicted octanol–water partition coefficient (Wildman–Crippen LogP) is 0.929. The summed E-state index contributed by atoms with van der Waals surface area (Å²) in [5.74, 6) is -0.866. The summed E-state index contributed by atoms with van der Waals surface area (Å²) >= 11 is 0. The van der Waals surface area contributed by atoms with Crippen LogP contribution in [0.1, 0.15) is 27.2 Å². The first kappa shape index (κ1) is 15.8. The van der Waals surface area contributed by atoms with Crippen LogP contribution >= 0.6 is 0 Å². The highest BCUT2D eigenvalue weighted by molar-refractivity contribution is 5.76. The molecule has 1 aliphatic heterocycles. The number of aliphatic carboxylic acids is 1. The number of carbonyl (C=O) groups excluding carboxylic acids is 1. The standard InChI is InChI=1S/C13H25N3O3/c1-4-14-7-9-15(10-8-14)13(19)16(11(2)3)6-5-12(17)18/h11H,4-10H2,1-3H3,(H,17,18). The van der Waals surface area contributed by atoms with Crippen molar-refractivity contribution in [3.63, 3.8) is 0 Å². The molecule has 1 fully saturated rings. The molecule has 0 aliphatic carbocycles. The molecule has 2 amide bonds. The molecule has 0 spiro atoms. The van der Waals surface area contributed by atoms with Gasteiger partial charge in [0, 0.05) is 38.8 Å². The second kappa shape index (κ2) is 7.33. The van der Waals surface area contributed by atoms with Gasteiger partial charge in [0.2, 0.25) is 0 Å². The van der Waals surface area contributed by atoms with Crippen LogP contribution in [-0.4, -0.2) is 77.1 Å². The molecule has 0 aromatic rings. The number of piperazine rings is 1. The van der Waals surface area contributed by atoms with Gasteiger partial charge in [-0.05, 0) is 20.4 Å². The van der Waals surface area contributed by atoms with E-state index in [0.29, 0.717) is 0 Å². The van der Waals surface area contributed by atoms with Crippen LogP contribution in [0.15, 0.2) is 0 Å². The summed E-state index contributed by atoms with van der Waals surface area (Å²) in [4.78, 5) is 28.8. The average Bonchev–Trinajstić information content (AvgIpc) is 2.38. The number of carboxylic acids is 1. The van der Waals surface area contributed by atoms with E-state index in [9.17, 15) is 9.59 Å². The van der Waals surface area contributed by atoms with E-state index >= 15 is 0 Å². The number of hydrogen-bond acceptors (Lipinski definition) is 3. The number of rotatable bonds is 5. The summed E-state index contributed by atoms with van der Waals surface area (Å²) in [6.07, 6.45) is -0.00115. The lowest BCUT2D eigenvalue weighted by atomic mass is 10.2. The molecule has 110 valence electrons. The van der Waals surface area contributed by atoms with Crippen molar-refractivity contribution >= 4 is 12.0 Å². The van der Waals surface area contributed by atoms with Crippen molar-refractivity contribution in [1.29, 1.82) is 0 Å². The lowest BCUT2D eigenvalue weighted by Crippen LogP contribution is -2.54. The first-order valence-electron chi connectivity index (χ1n) is 6.95. The molecule has 1 N–H and O–H groups in total. The van der Waals surface area contributed by atoms with Crippen molar-refractivity contribution in [3.8, 4) is 0 Å². The van der Waals surface area contributed by atoms with E-state index in [4.69, 9.17) is 5.11 Å². The fourth-order valence-electron chi connectivity index (χ4n) is 2.23. The zero-order valence-electron chi connectivity index (χ0n) is 12.1. The Morgan fingerprint density at radius 2 is 1.79 bits per heavy atom. The molecular formula is C13H25N3O3. The fraction of sp³-hybridized carbons (Fsp3) is 0.846. The summed E-state index contributed by atoms with van der Waals surface area (Å²) in [6.45, 7) is 10.5. The number of hydrogen-bond donors (Lipinski definition) is 1. The Labute approximate surface area is 115 Å².